The number of benzene rings is 1. The maximum absolute atomic E-state index is 13.1. The lowest BCUT2D eigenvalue weighted by Gasteiger charge is -2.25. The van der Waals surface area contributed by atoms with E-state index in [1.807, 2.05) is 0 Å². The average Bonchev–Trinajstić information content (AvgIpc) is 2.85. The van der Waals surface area contributed by atoms with Crippen molar-refractivity contribution in [1.82, 2.24) is 5.32 Å². The number of nitrogens with one attached hydrogen (secondary N) is 1. The van der Waals surface area contributed by atoms with Crippen LogP contribution in [-0.2, 0) is 11.0 Å². The van der Waals surface area contributed by atoms with Crippen LogP contribution in [0.25, 0.3) is 0 Å². The Morgan fingerprint density at radius 1 is 1.32 bits per heavy atom. The molecule has 7 heteroatoms. The molecule has 1 aromatic rings. The smallest absolute Gasteiger partial charge is 0.351 e. The van der Waals surface area contributed by atoms with E-state index < -0.39 is 17.8 Å². The zero-order chi connectivity index (χ0) is 15.6. The van der Waals surface area contributed by atoms with Crippen LogP contribution >= 0.6 is 12.4 Å². The number of carbonyl (C=O) groups excluding carboxylic acids is 1. The van der Waals surface area contributed by atoms with Crippen LogP contribution in [0.15, 0.2) is 24.3 Å². The van der Waals surface area contributed by atoms with Crippen molar-refractivity contribution in [2.75, 3.05) is 0 Å². The summed E-state index contributed by atoms with van der Waals surface area (Å²) >= 11 is 0. The third-order valence-electron chi connectivity index (χ3n) is 3.92. The normalized spacial score (nSPS) is 22.8. The number of rotatable bonds is 3. The molecule has 0 spiro atoms. The molecule has 2 rings (SSSR count). The molecule has 3 atom stereocenters. The van der Waals surface area contributed by atoms with Gasteiger partial charge in [-0.1, -0.05) is 24.6 Å². The molecule has 1 amide bonds. The Morgan fingerprint density at radius 3 is 2.55 bits per heavy atom. The van der Waals surface area contributed by atoms with Crippen LogP contribution in [0, 0.1) is 0 Å². The van der Waals surface area contributed by atoms with Crippen molar-refractivity contribution >= 4 is 18.3 Å². The molecule has 1 fully saturated rings. The van der Waals surface area contributed by atoms with Gasteiger partial charge in [0.1, 0.15) is 0 Å². The molecule has 124 valence electrons. The highest BCUT2D eigenvalue weighted by atomic mass is 35.5. The Labute approximate surface area is 133 Å². The first-order chi connectivity index (χ1) is 9.80. The molecule has 3 unspecified atom stereocenters. The van der Waals surface area contributed by atoms with Gasteiger partial charge in [0.05, 0.1) is 11.6 Å². The summed E-state index contributed by atoms with van der Waals surface area (Å²) in [6.07, 6.45) is -2.28. The molecule has 1 aliphatic carbocycles. The quantitative estimate of drug-likeness (QED) is 0.890. The standard InChI is InChI=1S/C15H19F3N2O.ClH/c1-9(19)14(21)20-13-8-4-6-11(13)10-5-2-3-7-12(10)15(16,17)18;/h2-3,5,7,9,11,13H,4,6,8,19H2,1H3,(H,20,21);1H. The van der Waals surface area contributed by atoms with E-state index in [4.69, 9.17) is 5.73 Å². The molecule has 1 aromatic carbocycles. The first-order valence-electron chi connectivity index (χ1n) is 7.02. The minimum atomic E-state index is -4.38. The summed E-state index contributed by atoms with van der Waals surface area (Å²) in [5.74, 6) is -0.637. The number of halogens is 4. The molecule has 0 aliphatic heterocycles. The summed E-state index contributed by atoms with van der Waals surface area (Å²) in [5, 5.41) is 2.77. The second-order valence-electron chi connectivity index (χ2n) is 5.53. The van der Waals surface area contributed by atoms with Crippen molar-refractivity contribution in [3.05, 3.63) is 35.4 Å². The molecule has 1 saturated carbocycles. The van der Waals surface area contributed by atoms with Crippen molar-refractivity contribution in [3.63, 3.8) is 0 Å². The van der Waals surface area contributed by atoms with Gasteiger partial charge in [-0.3, -0.25) is 4.79 Å². The van der Waals surface area contributed by atoms with Crippen LogP contribution in [0.5, 0.6) is 0 Å². The maximum atomic E-state index is 13.1. The van der Waals surface area contributed by atoms with Crippen LogP contribution < -0.4 is 11.1 Å². The van der Waals surface area contributed by atoms with Crippen molar-refractivity contribution in [1.29, 1.82) is 0 Å². The molecular weight excluding hydrogens is 317 g/mol. The summed E-state index contributed by atoms with van der Waals surface area (Å²) in [7, 11) is 0. The lowest BCUT2D eigenvalue weighted by molar-refractivity contribution is -0.138. The molecule has 0 aromatic heterocycles. The van der Waals surface area contributed by atoms with Crippen LogP contribution in [0.2, 0.25) is 0 Å². The highest BCUT2D eigenvalue weighted by Gasteiger charge is 2.38. The van der Waals surface area contributed by atoms with Gasteiger partial charge >= 0.3 is 6.18 Å². The van der Waals surface area contributed by atoms with Crippen LogP contribution in [0.1, 0.15) is 43.2 Å². The van der Waals surface area contributed by atoms with Crippen LogP contribution in [0.3, 0.4) is 0 Å². The Balaban J connectivity index is 0.00000242. The van der Waals surface area contributed by atoms with Gasteiger partial charge in [-0.05, 0) is 31.4 Å². The van der Waals surface area contributed by atoms with Gasteiger partial charge in [-0.15, -0.1) is 12.4 Å². The molecule has 0 saturated heterocycles. The Morgan fingerprint density at radius 2 is 1.95 bits per heavy atom. The molecule has 22 heavy (non-hydrogen) atoms. The second kappa shape index (κ2) is 7.33. The number of nitrogens with two attached hydrogens (primary N) is 1. The SMILES string of the molecule is CC(N)C(=O)NC1CCCC1c1ccccc1C(F)(F)F.Cl. The first kappa shape index (κ1) is 18.8. The highest BCUT2D eigenvalue weighted by Crippen LogP contribution is 2.41. The molecule has 3 N–H and O–H groups in total. The summed E-state index contributed by atoms with van der Waals surface area (Å²) in [6.45, 7) is 1.56. The van der Waals surface area contributed by atoms with E-state index in [-0.39, 0.29) is 35.8 Å². The lowest BCUT2D eigenvalue weighted by atomic mass is 9.89. The van der Waals surface area contributed by atoms with E-state index in [0.717, 1.165) is 12.5 Å². The average molecular weight is 337 g/mol. The Kier molecular flexibility index (Phi) is 6.26. The van der Waals surface area contributed by atoms with Gasteiger partial charge < -0.3 is 11.1 Å². The van der Waals surface area contributed by atoms with Crippen molar-refractivity contribution in [3.8, 4) is 0 Å². The second-order valence-corrected chi connectivity index (χ2v) is 5.53. The fourth-order valence-corrected chi connectivity index (χ4v) is 2.90. The topological polar surface area (TPSA) is 55.1 Å². The third-order valence-corrected chi connectivity index (χ3v) is 3.92. The van der Waals surface area contributed by atoms with Gasteiger partial charge in [0, 0.05) is 12.0 Å². The fraction of sp³-hybridized carbons (Fsp3) is 0.533. The number of amides is 1. The van der Waals surface area contributed by atoms with E-state index in [1.54, 1.807) is 13.0 Å². The predicted molar refractivity (Wildman–Crippen MR) is 80.9 cm³/mol. The maximum Gasteiger partial charge on any atom is 0.416 e. The van der Waals surface area contributed by atoms with Crippen LogP contribution in [0.4, 0.5) is 13.2 Å². The third kappa shape index (κ3) is 4.14. The van der Waals surface area contributed by atoms with E-state index in [2.05, 4.69) is 5.32 Å². The zero-order valence-electron chi connectivity index (χ0n) is 12.2. The fourth-order valence-electron chi connectivity index (χ4n) is 2.90. The van der Waals surface area contributed by atoms with Crippen molar-refractivity contribution in [2.45, 2.75) is 50.4 Å². The molecule has 1 aliphatic rings. The molecule has 0 bridgehead atoms. The van der Waals surface area contributed by atoms with Gasteiger partial charge in [-0.25, -0.2) is 0 Å². The summed E-state index contributed by atoms with van der Waals surface area (Å²) in [4.78, 5) is 11.7. The minimum Gasteiger partial charge on any atom is -0.351 e. The lowest BCUT2D eigenvalue weighted by Crippen LogP contribution is -2.44. The Bertz CT molecular complexity index is 520. The van der Waals surface area contributed by atoms with Crippen molar-refractivity contribution in [2.24, 2.45) is 5.73 Å². The molecule has 3 nitrogen and oxygen atoms in total. The number of hydrogen-bond donors (Lipinski definition) is 2. The minimum absolute atomic E-state index is 0. The van der Waals surface area contributed by atoms with E-state index in [0.29, 0.717) is 12.8 Å². The summed E-state index contributed by atoms with van der Waals surface area (Å²) in [5.41, 5.74) is 5.15. The van der Waals surface area contributed by atoms with E-state index in [1.165, 1.54) is 12.1 Å². The van der Waals surface area contributed by atoms with E-state index >= 15 is 0 Å². The Hall–Kier alpha value is -1.27. The summed E-state index contributed by atoms with van der Waals surface area (Å²) < 4.78 is 39.3. The number of carbonyl (C=O) groups is 1. The van der Waals surface area contributed by atoms with E-state index in [9.17, 15) is 18.0 Å². The number of alkyl halides is 3. The number of hydrogen-bond acceptors (Lipinski definition) is 2. The van der Waals surface area contributed by atoms with Gasteiger partial charge in [0.25, 0.3) is 0 Å². The van der Waals surface area contributed by atoms with Crippen LogP contribution in [-0.4, -0.2) is 18.0 Å². The monoisotopic (exact) mass is 336 g/mol. The predicted octanol–water partition coefficient (Wildman–Crippen LogP) is 3.23. The van der Waals surface area contributed by atoms with Crippen molar-refractivity contribution < 1.29 is 18.0 Å². The first-order valence-corrected chi connectivity index (χ1v) is 7.02. The largest absolute Gasteiger partial charge is 0.416 e. The van der Waals surface area contributed by atoms with Gasteiger partial charge in [0.15, 0.2) is 0 Å². The summed E-state index contributed by atoms with van der Waals surface area (Å²) in [6, 6.07) is 4.64. The molecular formula is C15H20ClF3N2O. The van der Waals surface area contributed by atoms with Gasteiger partial charge in [-0.2, -0.15) is 13.2 Å². The van der Waals surface area contributed by atoms with Gasteiger partial charge in [0.2, 0.25) is 5.91 Å². The molecule has 0 heterocycles. The highest BCUT2D eigenvalue weighted by molar-refractivity contribution is 5.85. The molecule has 0 radical (unpaired) electrons. The zero-order valence-corrected chi connectivity index (χ0v) is 13.0.